The summed E-state index contributed by atoms with van der Waals surface area (Å²) in [5.74, 6) is 1.15. The zero-order chi connectivity index (χ0) is 24.4. The quantitative estimate of drug-likeness (QED) is 0.583. The molecule has 1 saturated heterocycles. The first-order chi connectivity index (χ1) is 16.7. The van der Waals surface area contributed by atoms with Crippen molar-refractivity contribution in [1.29, 1.82) is 0 Å². The van der Waals surface area contributed by atoms with E-state index in [1.54, 1.807) is 0 Å². The molecule has 4 aliphatic rings. The Morgan fingerprint density at radius 3 is 2.40 bits per heavy atom. The highest BCUT2D eigenvalue weighted by Gasteiger charge is 2.51. The van der Waals surface area contributed by atoms with Gasteiger partial charge in [0.05, 0.1) is 24.3 Å². The third kappa shape index (κ3) is 4.03. The van der Waals surface area contributed by atoms with Crippen molar-refractivity contribution in [3.05, 3.63) is 40.5 Å². The molecule has 35 heavy (non-hydrogen) atoms. The van der Waals surface area contributed by atoms with Crippen molar-refractivity contribution in [3.8, 4) is 0 Å². The molecule has 3 fully saturated rings. The number of rotatable bonds is 5. The maximum absolute atomic E-state index is 14.4. The van der Waals surface area contributed by atoms with Gasteiger partial charge in [0.15, 0.2) is 0 Å². The van der Waals surface area contributed by atoms with Gasteiger partial charge in [0.25, 0.3) is 0 Å². The summed E-state index contributed by atoms with van der Waals surface area (Å²) in [5.41, 5.74) is 1.10. The van der Waals surface area contributed by atoms with Crippen LogP contribution in [-0.4, -0.2) is 49.8 Å². The van der Waals surface area contributed by atoms with Gasteiger partial charge >= 0.3 is 5.25 Å². The molecule has 10 heteroatoms. The second-order valence-electron chi connectivity index (χ2n) is 10.8. The molecule has 2 N–H and O–H groups in total. The van der Waals surface area contributed by atoms with Crippen LogP contribution in [0.3, 0.4) is 0 Å². The summed E-state index contributed by atoms with van der Waals surface area (Å²) in [6, 6.07) is 8.13. The van der Waals surface area contributed by atoms with E-state index in [2.05, 4.69) is 32.3 Å². The zero-order valence-electron chi connectivity index (χ0n) is 19.4. The summed E-state index contributed by atoms with van der Waals surface area (Å²) in [4.78, 5) is 11.1. The molecule has 0 amide bonds. The minimum absolute atomic E-state index is 0.00261. The SMILES string of the molecule is O=[S@]1c2c(nc(N3CC4(CCC(c5ccc(Cl)cc5)CC4)C3)nc2NC2(CO)CCC2)CC1(F)F. The van der Waals surface area contributed by atoms with Crippen molar-refractivity contribution in [2.24, 2.45) is 5.41 Å². The highest BCUT2D eigenvalue weighted by Crippen LogP contribution is 2.50. The van der Waals surface area contributed by atoms with Crippen LogP contribution < -0.4 is 10.2 Å². The molecule has 2 aliphatic carbocycles. The molecule has 2 aromatic rings. The third-order valence-electron chi connectivity index (χ3n) is 8.47. The van der Waals surface area contributed by atoms with E-state index >= 15 is 0 Å². The molecule has 0 unspecified atom stereocenters. The zero-order valence-corrected chi connectivity index (χ0v) is 21.0. The van der Waals surface area contributed by atoms with Gasteiger partial charge in [0.1, 0.15) is 21.5 Å². The first kappa shape index (κ1) is 23.6. The molecule has 3 heterocycles. The molecule has 1 atom stereocenters. The number of aliphatic hydroxyl groups excluding tert-OH is 1. The number of alkyl halides is 2. The fraction of sp³-hybridized carbons (Fsp3) is 0.600. The highest BCUT2D eigenvalue weighted by atomic mass is 35.5. The summed E-state index contributed by atoms with van der Waals surface area (Å²) in [6.07, 6.45) is 6.16. The van der Waals surface area contributed by atoms with E-state index in [0.29, 0.717) is 11.9 Å². The molecular formula is C25H29ClF2N4O2S. The molecule has 2 saturated carbocycles. The van der Waals surface area contributed by atoms with E-state index in [0.717, 1.165) is 63.1 Å². The van der Waals surface area contributed by atoms with Crippen LogP contribution in [0.15, 0.2) is 29.2 Å². The predicted octanol–water partition coefficient (Wildman–Crippen LogP) is 4.88. The second kappa shape index (κ2) is 8.35. The van der Waals surface area contributed by atoms with Crippen molar-refractivity contribution in [3.63, 3.8) is 0 Å². The van der Waals surface area contributed by atoms with Crippen molar-refractivity contribution >= 4 is 34.2 Å². The van der Waals surface area contributed by atoms with Crippen LogP contribution >= 0.6 is 11.6 Å². The molecule has 2 aliphatic heterocycles. The van der Waals surface area contributed by atoms with Crippen LogP contribution in [0.4, 0.5) is 20.5 Å². The standard InChI is InChI=1S/C25H29ClF2N4O2S/c26-18-4-2-16(3-5-18)17-6-10-23(11-7-17)13-32(14-23)22-29-19-12-25(27,28)35(34)20(19)21(30-22)31-24(15-33)8-1-9-24/h2-5,17,33H,1,6-15H2,(H,29,30,31)/t35-/m0/s1. The number of hydrogen-bond acceptors (Lipinski definition) is 6. The van der Waals surface area contributed by atoms with Crippen molar-refractivity contribution in [2.75, 3.05) is 29.9 Å². The van der Waals surface area contributed by atoms with Gasteiger partial charge in [0, 0.05) is 23.5 Å². The minimum atomic E-state index is -3.35. The van der Waals surface area contributed by atoms with Crippen LogP contribution in [0.1, 0.15) is 62.1 Å². The number of nitrogens with one attached hydrogen (secondary N) is 1. The number of anilines is 2. The van der Waals surface area contributed by atoms with Gasteiger partial charge in [-0.2, -0.15) is 13.8 Å². The Morgan fingerprint density at radius 1 is 1.11 bits per heavy atom. The summed E-state index contributed by atoms with van der Waals surface area (Å²) >= 11 is 6.03. The topological polar surface area (TPSA) is 78.4 Å². The van der Waals surface area contributed by atoms with Crippen molar-refractivity contribution in [2.45, 2.75) is 73.0 Å². The van der Waals surface area contributed by atoms with Gasteiger partial charge in [0.2, 0.25) is 5.95 Å². The Balaban J connectivity index is 1.19. The predicted molar refractivity (Wildman–Crippen MR) is 132 cm³/mol. The molecule has 0 bridgehead atoms. The van der Waals surface area contributed by atoms with Crippen LogP contribution in [0, 0.1) is 5.41 Å². The number of hydrogen-bond donors (Lipinski definition) is 2. The Morgan fingerprint density at radius 2 is 1.80 bits per heavy atom. The lowest BCUT2D eigenvalue weighted by Gasteiger charge is -2.53. The largest absolute Gasteiger partial charge is 0.394 e. The van der Waals surface area contributed by atoms with Crippen LogP contribution in [0.2, 0.25) is 5.02 Å². The lowest BCUT2D eigenvalue weighted by Crippen LogP contribution is -2.58. The number of nitrogens with zero attached hydrogens (tertiary/aromatic N) is 3. The number of aromatic nitrogens is 2. The average Bonchev–Trinajstić information content (AvgIpc) is 3.03. The molecule has 0 radical (unpaired) electrons. The lowest BCUT2D eigenvalue weighted by atomic mass is 9.65. The molecule has 6 rings (SSSR count). The number of halogens is 3. The molecular weight excluding hydrogens is 494 g/mol. The number of aliphatic hydroxyl groups is 1. The van der Waals surface area contributed by atoms with E-state index < -0.39 is 28.0 Å². The smallest absolute Gasteiger partial charge is 0.331 e. The monoisotopic (exact) mass is 522 g/mol. The lowest BCUT2D eigenvalue weighted by molar-refractivity contribution is 0.103. The van der Waals surface area contributed by atoms with Gasteiger partial charge in [-0.3, -0.25) is 0 Å². The Hall–Kier alpha value is -1.84. The van der Waals surface area contributed by atoms with Crippen LogP contribution in [0.5, 0.6) is 0 Å². The fourth-order valence-electron chi connectivity index (χ4n) is 6.13. The molecule has 1 aromatic heterocycles. The summed E-state index contributed by atoms with van der Waals surface area (Å²) in [6.45, 7) is 1.47. The van der Waals surface area contributed by atoms with E-state index in [1.165, 1.54) is 5.56 Å². The Labute approximate surface area is 210 Å². The highest BCUT2D eigenvalue weighted by molar-refractivity contribution is 7.86. The van der Waals surface area contributed by atoms with E-state index in [4.69, 9.17) is 11.6 Å². The number of fused-ring (bicyclic) bond motifs is 1. The maximum Gasteiger partial charge on any atom is 0.331 e. The first-order valence-corrected chi connectivity index (χ1v) is 13.8. The third-order valence-corrected chi connectivity index (χ3v) is 10.2. The normalized spacial score (nSPS) is 26.2. The van der Waals surface area contributed by atoms with Gasteiger partial charge in [-0.25, -0.2) is 9.19 Å². The second-order valence-corrected chi connectivity index (χ2v) is 12.8. The number of benzene rings is 1. The molecule has 1 aromatic carbocycles. The first-order valence-electron chi connectivity index (χ1n) is 12.3. The van der Waals surface area contributed by atoms with Gasteiger partial charge < -0.3 is 15.3 Å². The van der Waals surface area contributed by atoms with Gasteiger partial charge in [-0.15, -0.1) is 0 Å². The van der Waals surface area contributed by atoms with Crippen LogP contribution in [-0.2, 0) is 17.2 Å². The fourth-order valence-corrected chi connectivity index (χ4v) is 7.43. The van der Waals surface area contributed by atoms with E-state index in [1.807, 2.05) is 12.1 Å². The van der Waals surface area contributed by atoms with E-state index in [-0.39, 0.29) is 28.4 Å². The molecule has 6 nitrogen and oxygen atoms in total. The minimum Gasteiger partial charge on any atom is -0.394 e. The Kier molecular flexibility index (Phi) is 5.62. The maximum atomic E-state index is 14.4. The summed E-state index contributed by atoms with van der Waals surface area (Å²) in [5, 5.41) is 10.5. The van der Waals surface area contributed by atoms with Crippen molar-refractivity contribution < 1.29 is 18.1 Å². The van der Waals surface area contributed by atoms with Gasteiger partial charge in [-0.1, -0.05) is 23.7 Å². The molecule has 1 spiro atoms. The van der Waals surface area contributed by atoms with Crippen molar-refractivity contribution in [1.82, 2.24) is 9.97 Å². The summed E-state index contributed by atoms with van der Waals surface area (Å²) < 4.78 is 41.3. The molecule has 188 valence electrons. The van der Waals surface area contributed by atoms with E-state index in [9.17, 15) is 18.1 Å². The Bertz CT molecular complexity index is 1150. The van der Waals surface area contributed by atoms with Crippen LogP contribution in [0.25, 0.3) is 0 Å². The van der Waals surface area contributed by atoms with Gasteiger partial charge in [-0.05, 0) is 68.6 Å². The average molecular weight is 523 g/mol. The summed E-state index contributed by atoms with van der Waals surface area (Å²) in [7, 11) is -2.50.